The highest BCUT2D eigenvalue weighted by molar-refractivity contribution is 8.01. The lowest BCUT2D eigenvalue weighted by Crippen LogP contribution is -2.35. The molecule has 7 heteroatoms. The molecule has 0 radical (unpaired) electrons. The lowest BCUT2D eigenvalue weighted by Gasteiger charge is -2.33. The van der Waals surface area contributed by atoms with Crippen molar-refractivity contribution in [3.63, 3.8) is 0 Å². The average molecular weight is 370 g/mol. The van der Waals surface area contributed by atoms with Crippen LogP contribution in [0, 0.1) is 0 Å². The van der Waals surface area contributed by atoms with E-state index in [-0.39, 0.29) is 21.2 Å². The van der Waals surface area contributed by atoms with Crippen LogP contribution in [0.3, 0.4) is 0 Å². The molecule has 3 rings (SSSR count). The first-order chi connectivity index (χ1) is 10.7. The molecule has 2 heterocycles. The number of hydrogen-bond donors (Lipinski definition) is 1. The average Bonchev–Trinajstić information content (AvgIpc) is 2.48. The van der Waals surface area contributed by atoms with E-state index in [1.165, 1.54) is 24.4 Å². The van der Waals surface area contributed by atoms with Crippen molar-refractivity contribution in [1.82, 2.24) is 4.98 Å². The Kier molecular flexibility index (Phi) is 3.71. The third-order valence-corrected chi connectivity index (χ3v) is 7.07. The molecule has 0 spiro atoms. The Bertz CT molecular complexity index is 950. The molecule has 0 saturated carbocycles. The van der Waals surface area contributed by atoms with E-state index in [0.717, 1.165) is 0 Å². The monoisotopic (exact) mass is 369 g/mol. The predicted octanol–water partition coefficient (Wildman–Crippen LogP) is 4.44. The number of hydrogen-bond acceptors (Lipinski definition) is 4. The van der Waals surface area contributed by atoms with Crippen LogP contribution in [0.15, 0.2) is 36.5 Å². The Morgan fingerprint density at radius 1 is 1.17 bits per heavy atom. The van der Waals surface area contributed by atoms with Crippen molar-refractivity contribution in [1.29, 1.82) is 0 Å². The summed E-state index contributed by atoms with van der Waals surface area (Å²) in [5, 5.41) is 11.1. The number of rotatable bonds is 1. The summed E-state index contributed by atoms with van der Waals surface area (Å²) in [5.41, 5.74) is 0.901. The second-order valence-electron chi connectivity index (χ2n) is 5.72. The number of fused-ring (bicyclic) bond motifs is 1. The summed E-state index contributed by atoms with van der Waals surface area (Å²) < 4.78 is 25.0. The SMILES string of the molecule is CC1(C)c2cccnc2C(O)=C(c2ccc(Cl)cc2Cl)S1(=O)=O. The first-order valence-corrected chi connectivity index (χ1v) is 9.01. The van der Waals surface area contributed by atoms with E-state index in [2.05, 4.69) is 4.98 Å². The van der Waals surface area contributed by atoms with Crippen molar-refractivity contribution in [2.24, 2.45) is 0 Å². The number of sulfone groups is 1. The van der Waals surface area contributed by atoms with Crippen molar-refractivity contribution in [3.05, 3.63) is 63.4 Å². The van der Waals surface area contributed by atoms with Crippen molar-refractivity contribution in [2.75, 3.05) is 0 Å². The third-order valence-electron chi connectivity index (χ3n) is 4.01. The zero-order chi connectivity index (χ0) is 17.0. The molecule has 0 fully saturated rings. The summed E-state index contributed by atoms with van der Waals surface area (Å²) in [6.45, 7) is 3.16. The maximum absolute atomic E-state index is 13.1. The first-order valence-electron chi connectivity index (χ1n) is 6.77. The minimum absolute atomic E-state index is 0.151. The maximum Gasteiger partial charge on any atom is 0.192 e. The largest absolute Gasteiger partial charge is 0.504 e. The third kappa shape index (κ3) is 2.26. The molecule has 2 aromatic rings. The number of halogens is 2. The molecule has 4 nitrogen and oxygen atoms in total. The van der Waals surface area contributed by atoms with E-state index in [1.54, 1.807) is 26.0 Å². The number of aliphatic hydroxyl groups is 1. The molecule has 23 heavy (non-hydrogen) atoms. The standard InChI is InChI=1S/C16H13Cl2NO3S/c1-16(2)11-4-3-7-19-13(11)14(20)15(23(16,21)22)10-6-5-9(17)8-12(10)18/h3-8,20H,1-2H3. The van der Waals surface area contributed by atoms with Gasteiger partial charge in [-0.1, -0.05) is 35.3 Å². The van der Waals surface area contributed by atoms with E-state index in [1.807, 2.05) is 0 Å². The zero-order valence-electron chi connectivity index (χ0n) is 12.3. The van der Waals surface area contributed by atoms with Gasteiger partial charge in [-0.2, -0.15) is 0 Å². The molecule has 0 saturated heterocycles. The van der Waals surface area contributed by atoms with Crippen molar-refractivity contribution >= 4 is 43.7 Å². The number of nitrogens with zero attached hydrogens (tertiary/aromatic N) is 1. The van der Waals surface area contributed by atoms with Crippen LogP contribution < -0.4 is 0 Å². The molecule has 120 valence electrons. The lowest BCUT2D eigenvalue weighted by molar-refractivity contribution is 0.501. The molecule has 0 aliphatic carbocycles. The molecule has 1 aliphatic heterocycles. The normalized spacial score (nSPS) is 18.6. The molecule has 0 amide bonds. The Labute approximate surface area is 144 Å². The van der Waals surface area contributed by atoms with Gasteiger partial charge in [-0.25, -0.2) is 8.42 Å². The highest BCUT2D eigenvalue weighted by Gasteiger charge is 2.47. The van der Waals surface area contributed by atoms with Crippen LogP contribution in [-0.2, 0) is 14.6 Å². The fraction of sp³-hybridized carbons (Fsp3) is 0.188. The summed E-state index contributed by atoms with van der Waals surface area (Å²) in [6.07, 6.45) is 1.50. The molecule has 1 aliphatic rings. The van der Waals surface area contributed by atoms with E-state index in [4.69, 9.17) is 23.2 Å². The molecular formula is C16H13Cl2NO3S. The highest BCUT2D eigenvalue weighted by atomic mass is 35.5. The molecule has 0 bridgehead atoms. The summed E-state index contributed by atoms with van der Waals surface area (Å²) in [4.78, 5) is 3.92. The van der Waals surface area contributed by atoms with Gasteiger partial charge >= 0.3 is 0 Å². The number of benzene rings is 1. The summed E-state index contributed by atoms with van der Waals surface area (Å²) in [6, 6.07) is 7.74. The molecular weight excluding hydrogens is 357 g/mol. The molecule has 0 unspecified atom stereocenters. The summed E-state index contributed by atoms with van der Waals surface area (Å²) >= 11 is 12.0. The van der Waals surface area contributed by atoms with E-state index < -0.39 is 20.3 Å². The van der Waals surface area contributed by atoms with E-state index in [0.29, 0.717) is 10.6 Å². The minimum Gasteiger partial charge on any atom is -0.504 e. The number of pyridine rings is 1. The maximum atomic E-state index is 13.1. The second kappa shape index (κ2) is 5.23. The van der Waals surface area contributed by atoms with Gasteiger partial charge in [0.05, 0.1) is 9.77 Å². The van der Waals surface area contributed by atoms with Crippen molar-refractivity contribution < 1.29 is 13.5 Å². The lowest BCUT2D eigenvalue weighted by atomic mass is 9.98. The summed E-state index contributed by atoms with van der Waals surface area (Å²) in [5.74, 6) is -0.399. The quantitative estimate of drug-likeness (QED) is 0.806. The van der Waals surface area contributed by atoms with Crippen molar-refractivity contribution in [3.8, 4) is 0 Å². The molecule has 1 aromatic heterocycles. The zero-order valence-corrected chi connectivity index (χ0v) is 14.7. The van der Waals surface area contributed by atoms with Crippen LogP contribution in [0.2, 0.25) is 10.0 Å². The number of aromatic nitrogens is 1. The van der Waals surface area contributed by atoms with Gasteiger partial charge in [-0.3, -0.25) is 4.98 Å². The van der Waals surface area contributed by atoms with Crippen LogP contribution in [0.25, 0.3) is 10.7 Å². The fourth-order valence-electron chi connectivity index (χ4n) is 2.66. The van der Waals surface area contributed by atoms with Crippen LogP contribution in [0.4, 0.5) is 0 Å². The Morgan fingerprint density at radius 3 is 2.52 bits per heavy atom. The first kappa shape index (κ1) is 16.3. The van der Waals surface area contributed by atoms with Gasteiger partial charge in [-0.15, -0.1) is 0 Å². The highest BCUT2D eigenvalue weighted by Crippen LogP contribution is 2.48. The van der Waals surface area contributed by atoms with Crippen LogP contribution >= 0.6 is 23.2 Å². The van der Waals surface area contributed by atoms with Gasteiger partial charge in [0.1, 0.15) is 10.6 Å². The topological polar surface area (TPSA) is 67.3 Å². The fourth-order valence-corrected chi connectivity index (χ4v) is 5.00. The van der Waals surface area contributed by atoms with Crippen LogP contribution in [-0.4, -0.2) is 18.5 Å². The molecule has 0 atom stereocenters. The summed E-state index contributed by atoms with van der Waals surface area (Å²) in [7, 11) is -3.89. The van der Waals surface area contributed by atoms with Crippen LogP contribution in [0.1, 0.15) is 30.7 Å². The van der Waals surface area contributed by atoms with Gasteiger partial charge in [0.25, 0.3) is 0 Å². The van der Waals surface area contributed by atoms with Gasteiger partial charge in [0, 0.05) is 22.3 Å². The Balaban J connectivity index is 2.44. The molecule has 1 N–H and O–H groups in total. The van der Waals surface area contributed by atoms with Gasteiger partial charge in [-0.05, 0) is 32.0 Å². The van der Waals surface area contributed by atoms with E-state index in [9.17, 15) is 13.5 Å². The Morgan fingerprint density at radius 2 is 1.87 bits per heavy atom. The van der Waals surface area contributed by atoms with E-state index >= 15 is 0 Å². The van der Waals surface area contributed by atoms with Gasteiger partial charge in [0.15, 0.2) is 15.6 Å². The smallest absolute Gasteiger partial charge is 0.192 e. The molecule has 1 aromatic carbocycles. The van der Waals surface area contributed by atoms with Crippen LogP contribution in [0.5, 0.6) is 0 Å². The predicted molar refractivity (Wildman–Crippen MR) is 92.1 cm³/mol. The minimum atomic E-state index is -3.89. The van der Waals surface area contributed by atoms with Gasteiger partial charge < -0.3 is 5.11 Å². The van der Waals surface area contributed by atoms with Crippen molar-refractivity contribution in [2.45, 2.75) is 18.6 Å². The van der Waals surface area contributed by atoms with Gasteiger partial charge in [0.2, 0.25) is 0 Å². The Hall–Kier alpha value is -1.56. The second-order valence-corrected chi connectivity index (χ2v) is 8.99. The number of aliphatic hydroxyl groups excluding tert-OH is 1.